The largest absolute Gasteiger partial charge is 0.256 e. The first-order valence-corrected chi connectivity index (χ1v) is 15.1. The van der Waals surface area contributed by atoms with E-state index in [4.69, 9.17) is 9.97 Å². The fourth-order valence-electron chi connectivity index (χ4n) is 4.77. The molecule has 1 saturated carbocycles. The van der Waals surface area contributed by atoms with Gasteiger partial charge in [-0.15, -0.1) is 11.3 Å². The molecule has 0 radical (unpaired) electrons. The number of benzene rings is 1. The Morgan fingerprint density at radius 3 is 2.55 bits per heavy atom. The zero-order valence-electron chi connectivity index (χ0n) is 17.5. The lowest BCUT2D eigenvalue weighted by Gasteiger charge is -2.23. The van der Waals surface area contributed by atoms with Gasteiger partial charge < -0.3 is 0 Å². The lowest BCUT2D eigenvalue weighted by molar-refractivity contribution is 0.547. The van der Waals surface area contributed by atoms with E-state index in [1.165, 1.54) is 58.3 Å². The fourth-order valence-corrected chi connectivity index (χ4v) is 7.39. The Kier molecular flexibility index (Phi) is 4.79. The Hall–Kier alpha value is -2.04. The van der Waals surface area contributed by atoms with Crippen molar-refractivity contribution >= 4 is 44.9 Å². The zero-order chi connectivity index (χ0) is 20.0. The van der Waals surface area contributed by atoms with Gasteiger partial charge in [-0.2, -0.15) is 0 Å². The van der Waals surface area contributed by atoms with Crippen molar-refractivity contribution in [3.8, 4) is 11.3 Å². The van der Waals surface area contributed by atoms with Gasteiger partial charge in [-0.3, -0.25) is 4.98 Å². The molecule has 3 aromatic heterocycles. The predicted octanol–water partition coefficient (Wildman–Crippen LogP) is 6.79. The van der Waals surface area contributed by atoms with Gasteiger partial charge in [0, 0.05) is 33.4 Å². The van der Waals surface area contributed by atoms with Gasteiger partial charge in [0.05, 0.1) is 13.8 Å². The van der Waals surface area contributed by atoms with E-state index < -0.39 is 8.07 Å². The molecule has 148 valence electrons. The van der Waals surface area contributed by atoms with E-state index in [-0.39, 0.29) is 0 Å². The van der Waals surface area contributed by atoms with Crippen molar-refractivity contribution in [2.75, 3.05) is 0 Å². The van der Waals surface area contributed by atoms with Crippen molar-refractivity contribution in [2.45, 2.75) is 51.7 Å². The van der Waals surface area contributed by atoms with E-state index in [0.717, 1.165) is 22.0 Å². The van der Waals surface area contributed by atoms with Crippen LogP contribution in [0.2, 0.25) is 19.6 Å². The van der Waals surface area contributed by atoms with Gasteiger partial charge in [-0.1, -0.05) is 63.5 Å². The number of thiophene rings is 1. The zero-order valence-corrected chi connectivity index (χ0v) is 19.4. The van der Waals surface area contributed by atoms with E-state index >= 15 is 0 Å². The Morgan fingerprint density at radius 1 is 0.966 bits per heavy atom. The highest BCUT2D eigenvalue weighted by Crippen LogP contribution is 2.35. The van der Waals surface area contributed by atoms with Crippen molar-refractivity contribution in [1.29, 1.82) is 0 Å². The molecule has 1 aromatic carbocycles. The van der Waals surface area contributed by atoms with Gasteiger partial charge in [0.1, 0.15) is 4.83 Å². The van der Waals surface area contributed by atoms with E-state index in [1.807, 2.05) is 6.20 Å². The number of pyridine rings is 2. The Bertz CT molecular complexity index is 1180. The van der Waals surface area contributed by atoms with Crippen molar-refractivity contribution in [1.82, 2.24) is 9.97 Å². The molecule has 0 spiro atoms. The molecular formula is C25H28N2SSi. The average Bonchev–Trinajstić information content (AvgIpc) is 3.34. The Labute approximate surface area is 178 Å². The molecule has 0 aliphatic heterocycles. The molecule has 4 aromatic rings. The third kappa shape index (κ3) is 3.64. The second kappa shape index (κ2) is 7.33. The summed E-state index contributed by atoms with van der Waals surface area (Å²) in [4.78, 5) is 10.8. The maximum Gasteiger partial charge on any atom is 0.124 e. The lowest BCUT2D eigenvalue weighted by atomic mass is 9.97. The molecule has 3 heterocycles. The Morgan fingerprint density at radius 2 is 1.76 bits per heavy atom. The topological polar surface area (TPSA) is 25.8 Å². The number of rotatable bonds is 4. The third-order valence-corrected chi connectivity index (χ3v) is 9.47. The third-order valence-electron chi connectivity index (χ3n) is 6.31. The molecule has 0 saturated heterocycles. The highest BCUT2D eigenvalue weighted by molar-refractivity contribution is 7.25. The summed E-state index contributed by atoms with van der Waals surface area (Å²) in [5.74, 6) is 0.849. The first-order valence-electron chi connectivity index (χ1n) is 10.8. The van der Waals surface area contributed by atoms with Crippen LogP contribution in [0.4, 0.5) is 0 Å². The summed E-state index contributed by atoms with van der Waals surface area (Å²) >= 11 is 1.77. The summed E-state index contributed by atoms with van der Waals surface area (Å²) in [7, 11) is -1.42. The summed E-state index contributed by atoms with van der Waals surface area (Å²) in [5.41, 5.74) is 3.75. The maximum absolute atomic E-state index is 4.92. The molecule has 1 fully saturated rings. The van der Waals surface area contributed by atoms with Crippen LogP contribution in [0, 0.1) is 5.92 Å². The van der Waals surface area contributed by atoms with Crippen LogP contribution in [-0.2, 0) is 6.42 Å². The molecule has 5 rings (SSSR count). The first-order chi connectivity index (χ1) is 14.0. The molecule has 0 N–H and O–H groups in total. The van der Waals surface area contributed by atoms with Gasteiger partial charge in [0.2, 0.25) is 0 Å². The second-order valence-corrected chi connectivity index (χ2v) is 15.6. The van der Waals surface area contributed by atoms with Crippen LogP contribution in [0.5, 0.6) is 0 Å². The molecule has 1 aliphatic carbocycles. The predicted molar refractivity (Wildman–Crippen MR) is 129 cm³/mol. The van der Waals surface area contributed by atoms with Crippen LogP contribution in [0.15, 0.2) is 48.8 Å². The van der Waals surface area contributed by atoms with Crippen molar-refractivity contribution in [3.05, 3.63) is 54.4 Å². The van der Waals surface area contributed by atoms with E-state index in [1.54, 1.807) is 11.3 Å². The van der Waals surface area contributed by atoms with Crippen molar-refractivity contribution in [3.63, 3.8) is 0 Å². The molecule has 0 unspecified atom stereocenters. The standard InChI is InChI=1S/C25H28N2SSi/c1-29(2,3)24-16-26-22(14-18(24)12-17-8-4-5-9-17)19-13-21-20-10-6-7-11-23(20)28-25(21)27-15-19/h6-7,10-11,13-17H,4-5,8-9,12H2,1-3H3. The average molecular weight is 417 g/mol. The normalized spacial score (nSPS) is 15.6. The summed E-state index contributed by atoms with van der Waals surface area (Å²) < 4.78 is 1.30. The molecule has 0 atom stereocenters. The van der Waals surface area contributed by atoms with Crippen LogP contribution >= 0.6 is 11.3 Å². The molecule has 29 heavy (non-hydrogen) atoms. The summed E-state index contributed by atoms with van der Waals surface area (Å²) in [6, 6.07) is 13.3. The van der Waals surface area contributed by atoms with Crippen molar-refractivity contribution in [2.24, 2.45) is 5.92 Å². The number of hydrogen-bond donors (Lipinski definition) is 0. The lowest BCUT2D eigenvalue weighted by Crippen LogP contribution is -2.41. The highest BCUT2D eigenvalue weighted by atomic mass is 32.1. The quantitative estimate of drug-likeness (QED) is 0.342. The fraction of sp³-hybridized carbons (Fsp3) is 0.360. The minimum Gasteiger partial charge on any atom is -0.256 e. The monoisotopic (exact) mass is 416 g/mol. The molecule has 2 nitrogen and oxygen atoms in total. The smallest absolute Gasteiger partial charge is 0.124 e. The molecule has 0 bridgehead atoms. The van der Waals surface area contributed by atoms with Crippen LogP contribution in [0.3, 0.4) is 0 Å². The van der Waals surface area contributed by atoms with Gasteiger partial charge in [-0.25, -0.2) is 4.98 Å². The van der Waals surface area contributed by atoms with Gasteiger partial charge in [-0.05, 0) is 41.3 Å². The van der Waals surface area contributed by atoms with E-state index in [0.29, 0.717) is 0 Å². The van der Waals surface area contributed by atoms with Crippen LogP contribution in [0.25, 0.3) is 31.6 Å². The number of hydrogen-bond acceptors (Lipinski definition) is 3. The van der Waals surface area contributed by atoms with Gasteiger partial charge >= 0.3 is 0 Å². The molecule has 4 heteroatoms. The highest BCUT2D eigenvalue weighted by Gasteiger charge is 2.24. The minimum absolute atomic E-state index is 0.849. The number of fused-ring (bicyclic) bond motifs is 3. The second-order valence-electron chi connectivity index (χ2n) is 9.51. The first kappa shape index (κ1) is 19.0. The minimum atomic E-state index is -1.42. The number of aromatic nitrogens is 2. The van der Waals surface area contributed by atoms with E-state index in [2.05, 4.69) is 62.2 Å². The summed E-state index contributed by atoms with van der Waals surface area (Å²) in [6.07, 6.45) is 11.0. The molecule has 0 amide bonds. The van der Waals surface area contributed by atoms with Crippen LogP contribution < -0.4 is 5.19 Å². The van der Waals surface area contributed by atoms with E-state index in [9.17, 15) is 0 Å². The van der Waals surface area contributed by atoms with Gasteiger partial charge in [0.15, 0.2) is 0 Å². The molecular weight excluding hydrogens is 388 g/mol. The van der Waals surface area contributed by atoms with Crippen LogP contribution in [-0.4, -0.2) is 18.0 Å². The SMILES string of the molecule is C[Si](C)(C)c1cnc(-c2cnc3sc4ccccc4c3c2)cc1CC1CCCC1. The molecule has 1 aliphatic rings. The summed E-state index contributed by atoms with van der Waals surface area (Å²) in [5, 5.41) is 4.08. The number of nitrogens with zero attached hydrogens (tertiary/aromatic N) is 2. The maximum atomic E-state index is 4.92. The van der Waals surface area contributed by atoms with Crippen LogP contribution in [0.1, 0.15) is 31.2 Å². The van der Waals surface area contributed by atoms with Crippen molar-refractivity contribution < 1.29 is 0 Å². The Balaban J connectivity index is 1.60. The van der Waals surface area contributed by atoms with Gasteiger partial charge in [0.25, 0.3) is 0 Å². The summed E-state index contributed by atoms with van der Waals surface area (Å²) in [6.45, 7) is 7.31.